The summed E-state index contributed by atoms with van der Waals surface area (Å²) in [7, 11) is 0. The Kier molecular flexibility index (Phi) is 5.00. The van der Waals surface area contributed by atoms with E-state index in [0.29, 0.717) is 6.54 Å². The minimum atomic E-state index is 0.126. The quantitative estimate of drug-likeness (QED) is 0.789. The molecule has 0 spiro atoms. The van der Waals surface area contributed by atoms with Gasteiger partial charge in [0.1, 0.15) is 0 Å². The predicted octanol–water partition coefficient (Wildman–Crippen LogP) is 1.54. The molecule has 1 aromatic carbocycles. The number of quaternary nitrogens is 1. The van der Waals surface area contributed by atoms with Gasteiger partial charge in [0.05, 0.1) is 13.1 Å². The lowest BCUT2D eigenvalue weighted by Gasteiger charge is -2.26. The summed E-state index contributed by atoms with van der Waals surface area (Å²) in [6.45, 7) is 5.14. The van der Waals surface area contributed by atoms with Crippen molar-refractivity contribution in [2.45, 2.75) is 19.8 Å². The lowest BCUT2D eigenvalue weighted by molar-refractivity contribution is -0.897. The molecular weight excluding hydrogens is 339 g/mol. The normalized spacial score (nSPS) is 23.7. The van der Waals surface area contributed by atoms with E-state index in [9.17, 15) is 4.79 Å². The van der Waals surface area contributed by atoms with Crippen LogP contribution in [0.4, 0.5) is 5.69 Å². The lowest BCUT2D eigenvalue weighted by Crippen LogP contribution is -3.14. The molecule has 1 fully saturated rings. The second-order valence-electron chi connectivity index (χ2n) is 5.16. The van der Waals surface area contributed by atoms with E-state index in [1.54, 1.807) is 0 Å². The van der Waals surface area contributed by atoms with Gasteiger partial charge in [-0.25, -0.2) is 0 Å². The highest BCUT2D eigenvalue weighted by Crippen LogP contribution is 2.10. The molecule has 1 amide bonds. The molecular formula is C14H20IN2O+. The monoisotopic (exact) mass is 359 g/mol. The summed E-state index contributed by atoms with van der Waals surface area (Å²) in [6.07, 6.45) is 2.48. The van der Waals surface area contributed by atoms with Crippen LogP contribution in [0, 0.1) is 9.49 Å². The van der Waals surface area contributed by atoms with E-state index in [0.717, 1.165) is 24.7 Å². The Hall–Kier alpha value is -0.620. The molecule has 18 heavy (non-hydrogen) atoms. The van der Waals surface area contributed by atoms with Gasteiger partial charge in [0.2, 0.25) is 0 Å². The zero-order chi connectivity index (χ0) is 13.0. The van der Waals surface area contributed by atoms with E-state index in [4.69, 9.17) is 0 Å². The third-order valence-electron chi connectivity index (χ3n) is 3.52. The minimum Gasteiger partial charge on any atom is -0.327 e. The van der Waals surface area contributed by atoms with Crippen LogP contribution in [-0.2, 0) is 4.79 Å². The highest BCUT2D eigenvalue weighted by Gasteiger charge is 2.21. The number of piperidine rings is 1. The summed E-state index contributed by atoms with van der Waals surface area (Å²) >= 11 is 2.26. The third-order valence-corrected chi connectivity index (χ3v) is 4.24. The fourth-order valence-corrected chi connectivity index (χ4v) is 2.67. The molecule has 0 saturated carbocycles. The van der Waals surface area contributed by atoms with Crippen LogP contribution in [0.2, 0.25) is 0 Å². The van der Waals surface area contributed by atoms with Crippen LogP contribution in [0.3, 0.4) is 0 Å². The molecule has 2 rings (SSSR count). The largest absolute Gasteiger partial charge is 0.327 e. The second-order valence-corrected chi connectivity index (χ2v) is 6.41. The van der Waals surface area contributed by atoms with Gasteiger partial charge in [-0.05, 0) is 65.6 Å². The highest BCUT2D eigenvalue weighted by atomic mass is 127. The fraction of sp³-hybridized carbons (Fsp3) is 0.500. The van der Waals surface area contributed by atoms with Crippen molar-refractivity contribution in [3.05, 3.63) is 27.8 Å². The number of rotatable bonds is 3. The summed E-state index contributed by atoms with van der Waals surface area (Å²) in [4.78, 5) is 13.3. The van der Waals surface area contributed by atoms with Crippen molar-refractivity contribution in [1.29, 1.82) is 0 Å². The molecule has 1 aliphatic rings. The topological polar surface area (TPSA) is 33.5 Å². The molecule has 0 atom stereocenters. The smallest absolute Gasteiger partial charge is 0.279 e. The van der Waals surface area contributed by atoms with E-state index in [1.807, 2.05) is 24.3 Å². The fourth-order valence-electron chi connectivity index (χ4n) is 2.31. The van der Waals surface area contributed by atoms with E-state index < -0.39 is 0 Å². The Labute approximate surface area is 122 Å². The molecule has 4 heteroatoms. The van der Waals surface area contributed by atoms with Gasteiger partial charge < -0.3 is 10.2 Å². The molecule has 0 unspecified atom stereocenters. The Morgan fingerprint density at radius 3 is 2.56 bits per heavy atom. The summed E-state index contributed by atoms with van der Waals surface area (Å²) in [6, 6.07) is 7.91. The maximum absolute atomic E-state index is 11.9. The lowest BCUT2D eigenvalue weighted by atomic mass is 9.99. The Bertz CT molecular complexity index is 397. The molecule has 1 saturated heterocycles. The zero-order valence-corrected chi connectivity index (χ0v) is 12.9. The number of nitrogens with one attached hydrogen (secondary N) is 2. The number of carbonyl (C=O) groups excluding carboxylic acids is 1. The number of carbonyl (C=O) groups is 1. The van der Waals surface area contributed by atoms with E-state index in [2.05, 4.69) is 34.8 Å². The first-order valence-corrected chi connectivity index (χ1v) is 7.60. The summed E-state index contributed by atoms with van der Waals surface area (Å²) < 4.78 is 1.18. The van der Waals surface area contributed by atoms with E-state index >= 15 is 0 Å². The van der Waals surface area contributed by atoms with Gasteiger partial charge in [-0.2, -0.15) is 0 Å². The number of amides is 1. The Morgan fingerprint density at radius 2 is 1.94 bits per heavy atom. The first kappa shape index (κ1) is 13.8. The highest BCUT2D eigenvalue weighted by molar-refractivity contribution is 14.1. The van der Waals surface area contributed by atoms with Gasteiger partial charge in [0.25, 0.3) is 5.91 Å². The van der Waals surface area contributed by atoms with Crippen molar-refractivity contribution in [3.8, 4) is 0 Å². The van der Waals surface area contributed by atoms with Crippen molar-refractivity contribution in [3.63, 3.8) is 0 Å². The SMILES string of the molecule is CC1CC[NH+](CC(=O)Nc2ccc(I)cc2)CC1. The summed E-state index contributed by atoms with van der Waals surface area (Å²) in [5.41, 5.74) is 0.894. The summed E-state index contributed by atoms with van der Waals surface area (Å²) in [5.74, 6) is 0.953. The number of hydrogen-bond acceptors (Lipinski definition) is 1. The average molecular weight is 359 g/mol. The van der Waals surface area contributed by atoms with Crippen LogP contribution in [0.15, 0.2) is 24.3 Å². The molecule has 1 heterocycles. The number of halogens is 1. The van der Waals surface area contributed by atoms with Crippen LogP contribution < -0.4 is 10.2 Å². The molecule has 0 aliphatic carbocycles. The van der Waals surface area contributed by atoms with Gasteiger partial charge >= 0.3 is 0 Å². The van der Waals surface area contributed by atoms with Crippen LogP contribution >= 0.6 is 22.6 Å². The maximum atomic E-state index is 11.9. The van der Waals surface area contributed by atoms with Gasteiger partial charge in [-0.15, -0.1) is 0 Å². The van der Waals surface area contributed by atoms with Crippen LogP contribution in [0.25, 0.3) is 0 Å². The number of benzene rings is 1. The van der Waals surface area contributed by atoms with Crippen LogP contribution in [0.5, 0.6) is 0 Å². The summed E-state index contributed by atoms with van der Waals surface area (Å²) in [5, 5.41) is 2.96. The number of anilines is 1. The molecule has 0 aromatic heterocycles. The molecule has 0 bridgehead atoms. The van der Waals surface area contributed by atoms with Crippen molar-refractivity contribution in [1.82, 2.24) is 0 Å². The first-order chi connectivity index (χ1) is 8.63. The molecule has 3 nitrogen and oxygen atoms in total. The molecule has 98 valence electrons. The Morgan fingerprint density at radius 1 is 1.33 bits per heavy atom. The Balaban J connectivity index is 1.80. The third kappa shape index (κ3) is 4.24. The van der Waals surface area contributed by atoms with Crippen molar-refractivity contribution in [2.24, 2.45) is 5.92 Å². The van der Waals surface area contributed by atoms with Gasteiger partial charge in [0, 0.05) is 9.26 Å². The maximum Gasteiger partial charge on any atom is 0.279 e. The van der Waals surface area contributed by atoms with E-state index in [-0.39, 0.29) is 5.91 Å². The minimum absolute atomic E-state index is 0.126. The van der Waals surface area contributed by atoms with Crippen molar-refractivity contribution >= 4 is 34.2 Å². The van der Waals surface area contributed by atoms with E-state index in [1.165, 1.54) is 21.3 Å². The zero-order valence-electron chi connectivity index (χ0n) is 10.7. The second kappa shape index (κ2) is 6.52. The average Bonchev–Trinajstić information content (AvgIpc) is 2.35. The van der Waals surface area contributed by atoms with Crippen molar-refractivity contribution in [2.75, 3.05) is 25.0 Å². The number of hydrogen-bond donors (Lipinski definition) is 2. The first-order valence-electron chi connectivity index (χ1n) is 6.52. The molecule has 1 aromatic rings. The van der Waals surface area contributed by atoms with Crippen LogP contribution in [0.1, 0.15) is 19.8 Å². The van der Waals surface area contributed by atoms with Crippen LogP contribution in [-0.4, -0.2) is 25.5 Å². The van der Waals surface area contributed by atoms with Gasteiger partial charge in [-0.3, -0.25) is 4.79 Å². The molecule has 0 radical (unpaired) electrons. The molecule has 2 N–H and O–H groups in total. The van der Waals surface area contributed by atoms with Gasteiger partial charge in [0.15, 0.2) is 6.54 Å². The molecule has 1 aliphatic heterocycles. The standard InChI is InChI=1S/C14H19IN2O/c1-11-6-8-17(9-7-11)10-14(18)16-13-4-2-12(15)3-5-13/h2-5,11H,6-10H2,1H3,(H,16,18)/p+1. The van der Waals surface area contributed by atoms with Gasteiger partial charge in [-0.1, -0.05) is 6.92 Å². The predicted molar refractivity (Wildman–Crippen MR) is 81.8 cm³/mol. The number of likely N-dealkylation sites (tertiary alicyclic amines) is 1. The van der Waals surface area contributed by atoms with Crippen molar-refractivity contribution < 1.29 is 9.69 Å².